The molecule has 0 aliphatic carbocycles. The molecule has 22 heavy (non-hydrogen) atoms. The molecule has 0 bridgehead atoms. The molecule has 1 aliphatic heterocycles. The van der Waals surface area contributed by atoms with E-state index in [4.69, 9.17) is 5.11 Å². The standard InChI is InChI=1S/C13H11F6NO2/c14-12(15,16)9-1-7(2-10(3-9)13(17,18)19)4-20-5-8(6-20)11(21)22/h1-3,8H,4-6H2,(H,21,22). The predicted molar refractivity (Wildman–Crippen MR) is 62.8 cm³/mol. The molecule has 9 heteroatoms. The lowest BCUT2D eigenvalue weighted by molar-refractivity contribution is -0.147. The van der Waals surface area contributed by atoms with Gasteiger partial charge in [0.2, 0.25) is 0 Å². The minimum absolute atomic E-state index is 0.0691. The molecule has 0 amide bonds. The number of carbonyl (C=O) groups is 1. The maximum absolute atomic E-state index is 12.7. The van der Waals surface area contributed by atoms with E-state index in [2.05, 4.69) is 0 Å². The summed E-state index contributed by atoms with van der Waals surface area (Å²) in [6, 6.07) is 1.38. The summed E-state index contributed by atoms with van der Waals surface area (Å²) in [5.41, 5.74) is -2.88. The Hall–Kier alpha value is -1.77. The molecule has 1 fully saturated rings. The van der Waals surface area contributed by atoms with Gasteiger partial charge in [-0.25, -0.2) is 0 Å². The molecule has 0 unspecified atom stereocenters. The maximum Gasteiger partial charge on any atom is 0.416 e. The number of rotatable bonds is 3. The van der Waals surface area contributed by atoms with Crippen LogP contribution in [0.3, 0.4) is 0 Å². The van der Waals surface area contributed by atoms with Gasteiger partial charge in [-0.15, -0.1) is 0 Å². The second-order valence-corrected chi connectivity index (χ2v) is 5.14. The van der Waals surface area contributed by atoms with Crippen molar-refractivity contribution in [3.63, 3.8) is 0 Å². The average Bonchev–Trinajstić information content (AvgIpc) is 2.30. The van der Waals surface area contributed by atoms with E-state index in [0.29, 0.717) is 12.1 Å². The first-order valence-corrected chi connectivity index (χ1v) is 6.20. The number of hydrogen-bond donors (Lipinski definition) is 1. The van der Waals surface area contributed by atoms with Gasteiger partial charge in [0.25, 0.3) is 0 Å². The summed E-state index contributed by atoms with van der Waals surface area (Å²) in [5, 5.41) is 8.69. The van der Waals surface area contributed by atoms with Crippen molar-refractivity contribution >= 4 is 5.97 Å². The minimum Gasteiger partial charge on any atom is -0.481 e. The van der Waals surface area contributed by atoms with Crippen molar-refractivity contribution in [3.8, 4) is 0 Å². The van der Waals surface area contributed by atoms with Crippen LogP contribution < -0.4 is 0 Å². The van der Waals surface area contributed by atoms with Crippen LogP contribution in [0.25, 0.3) is 0 Å². The summed E-state index contributed by atoms with van der Waals surface area (Å²) in [6.45, 7) is 0.0522. The van der Waals surface area contributed by atoms with Gasteiger partial charge >= 0.3 is 18.3 Å². The van der Waals surface area contributed by atoms with Gasteiger partial charge in [-0.2, -0.15) is 26.3 Å². The summed E-state index contributed by atoms with van der Waals surface area (Å²) in [7, 11) is 0. The quantitative estimate of drug-likeness (QED) is 0.867. The van der Waals surface area contributed by atoms with Gasteiger partial charge in [0.15, 0.2) is 0 Å². The predicted octanol–water partition coefficient (Wildman–Crippen LogP) is 3.24. The molecule has 1 aromatic rings. The third-order valence-corrected chi connectivity index (χ3v) is 3.36. The molecule has 0 aromatic heterocycles. The van der Waals surface area contributed by atoms with Crippen LogP contribution in [0.2, 0.25) is 0 Å². The largest absolute Gasteiger partial charge is 0.481 e. The summed E-state index contributed by atoms with van der Waals surface area (Å²) in [4.78, 5) is 12.1. The Morgan fingerprint density at radius 1 is 1.05 bits per heavy atom. The Morgan fingerprint density at radius 2 is 1.50 bits per heavy atom. The number of alkyl halides is 6. The lowest BCUT2D eigenvalue weighted by Crippen LogP contribution is -2.49. The summed E-state index contributed by atoms with van der Waals surface area (Å²) in [6.07, 6.45) is -9.76. The second kappa shape index (κ2) is 5.45. The highest BCUT2D eigenvalue weighted by molar-refractivity contribution is 5.71. The van der Waals surface area contributed by atoms with Crippen LogP contribution in [0.15, 0.2) is 18.2 Å². The van der Waals surface area contributed by atoms with Crippen LogP contribution in [0, 0.1) is 5.92 Å². The SMILES string of the molecule is O=C(O)C1CN(Cc2cc(C(F)(F)F)cc(C(F)(F)F)c2)C1. The molecule has 3 nitrogen and oxygen atoms in total. The van der Waals surface area contributed by atoms with Crippen LogP contribution in [-0.4, -0.2) is 29.1 Å². The van der Waals surface area contributed by atoms with Gasteiger partial charge in [-0.3, -0.25) is 9.69 Å². The van der Waals surface area contributed by atoms with Crippen LogP contribution in [0.4, 0.5) is 26.3 Å². The van der Waals surface area contributed by atoms with Crippen molar-refractivity contribution in [3.05, 3.63) is 34.9 Å². The molecule has 2 rings (SSSR count). The molecule has 1 aromatic carbocycles. The number of carboxylic acid groups (broad SMARTS) is 1. The molecule has 0 spiro atoms. The van der Waals surface area contributed by atoms with Gasteiger partial charge in [0.05, 0.1) is 17.0 Å². The summed E-state index contributed by atoms with van der Waals surface area (Å²) >= 11 is 0. The fourth-order valence-corrected chi connectivity index (χ4v) is 2.22. The Balaban J connectivity index is 2.22. The minimum atomic E-state index is -4.88. The van der Waals surface area contributed by atoms with E-state index in [1.165, 1.54) is 4.90 Å². The molecule has 1 N–H and O–H groups in total. The van der Waals surface area contributed by atoms with Crippen molar-refractivity contribution < 1.29 is 36.2 Å². The lowest BCUT2D eigenvalue weighted by Gasteiger charge is -2.36. The number of hydrogen-bond acceptors (Lipinski definition) is 2. The third kappa shape index (κ3) is 3.70. The van der Waals surface area contributed by atoms with Gasteiger partial charge in [-0.05, 0) is 23.8 Å². The first kappa shape index (κ1) is 16.6. The molecular formula is C13H11F6NO2. The summed E-state index contributed by atoms with van der Waals surface area (Å²) in [5.74, 6) is -1.66. The highest BCUT2D eigenvalue weighted by Gasteiger charge is 2.38. The van der Waals surface area contributed by atoms with E-state index < -0.39 is 35.4 Å². The van der Waals surface area contributed by atoms with Gasteiger partial charge < -0.3 is 5.11 Å². The van der Waals surface area contributed by atoms with Crippen molar-refractivity contribution in [1.29, 1.82) is 0 Å². The van der Waals surface area contributed by atoms with Crippen LogP contribution >= 0.6 is 0 Å². The number of aliphatic carboxylic acids is 1. The van der Waals surface area contributed by atoms with Crippen molar-refractivity contribution in [2.75, 3.05) is 13.1 Å². The van der Waals surface area contributed by atoms with Gasteiger partial charge in [0, 0.05) is 19.6 Å². The smallest absolute Gasteiger partial charge is 0.416 e. The lowest BCUT2D eigenvalue weighted by atomic mass is 9.98. The average molecular weight is 327 g/mol. The zero-order chi connectivity index (χ0) is 16.7. The van der Waals surface area contributed by atoms with E-state index in [0.717, 1.165) is 0 Å². The molecule has 0 atom stereocenters. The van der Waals surface area contributed by atoms with E-state index >= 15 is 0 Å². The zero-order valence-electron chi connectivity index (χ0n) is 11.0. The van der Waals surface area contributed by atoms with E-state index in [1.54, 1.807) is 0 Å². The normalized spacial score (nSPS) is 17.4. The van der Waals surface area contributed by atoms with Gasteiger partial charge in [0.1, 0.15) is 0 Å². The Labute approximate surface area is 121 Å². The van der Waals surface area contributed by atoms with E-state index in [1.807, 2.05) is 0 Å². The maximum atomic E-state index is 12.7. The van der Waals surface area contributed by atoms with E-state index in [9.17, 15) is 31.1 Å². The zero-order valence-corrected chi connectivity index (χ0v) is 11.0. The van der Waals surface area contributed by atoms with Crippen molar-refractivity contribution in [2.45, 2.75) is 18.9 Å². The first-order chi connectivity index (χ1) is 9.96. The molecule has 1 saturated heterocycles. The summed E-state index contributed by atoms with van der Waals surface area (Å²) < 4.78 is 76.1. The van der Waals surface area contributed by atoms with Crippen molar-refractivity contribution in [2.24, 2.45) is 5.92 Å². The molecule has 122 valence electrons. The van der Waals surface area contributed by atoms with Crippen LogP contribution in [0.5, 0.6) is 0 Å². The molecule has 0 saturated carbocycles. The number of carboxylic acids is 1. The van der Waals surface area contributed by atoms with Crippen LogP contribution in [-0.2, 0) is 23.7 Å². The van der Waals surface area contributed by atoms with Gasteiger partial charge in [-0.1, -0.05) is 0 Å². The Bertz CT molecular complexity index is 543. The first-order valence-electron chi connectivity index (χ1n) is 6.20. The number of halogens is 6. The topological polar surface area (TPSA) is 40.5 Å². The number of likely N-dealkylation sites (tertiary alicyclic amines) is 1. The molecule has 1 heterocycles. The fraction of sp³-hybridized carbons (Fsp3) is 0.462. The number of nitrogens with zero attached hydrogens (tertiary/aromatic N) is 1. The Morgan fingerprint density at radius 3 is 1.86 bits per heavy atom. The highest BCUT2D eigenvalue weighted by Crippen LogP contribution is 2.36. The molecule has 0 radical (unpaired) electrons. The van der Waals surface area contributed by atoms with Crippen LogP contribution in [0.1, 0.15) is 16.7 Å². The Kier molecular flexibility index (Phi) is 4.12. The van der Waals surface area contributed by atoms with E-state index in [-0.39, 0.29) is 31.3 Å². The van der Waals surface area contributed by atoms with Crippen molar-refractivity contribution in [1.82, 2.24) is 4.90 Å². The highest BCUT2D eigenvalue weighted by atomic mass is 19.4. The molecule has 1 aliphatic rings. The fourth-order valence-electron chi connectivity index (χ4n) is 2.22. The second-order valence-electron chi connectivity index (χ2n) is 5.14. The number of benzene rings is 1. The third-order valence-electron chi connectivity index (χ3n) is 3.36. The molecular weight excluding hydrogens is 316 g/mol. The monoisotopic (exact) mass is 327 g/mol.